The van der Waals surface area contributed by atoms with E-state index in [9.17, 15) is 8.42 Å². The molecule has 0 unspecified atom stereocenters. The van der Waals surface area contributed by atoms with E-state index in [0.29, 0.717) is 12.5 Å². The summed E-state index contributed by atoms with van der Waals surface area (Å²) >= 11 is 0. The summed E-state index contributed by atoms with van der Waals surface area (Å²) in [7, 11) is -3.17. The van der Waals surface area contributed by atoms with Gasteiger partial charge in [0.1, 0.15) is 0 Å². The molecule has 1 N–H and O–H groups in total. The number of hydrogen-bond donors (Lipinski definition) is 1. The highest BCUT2D eigenvalue weighted by atomic mass is 32.2. The van der Waals surface area contributed by atoms with Crippen LogP contribution >= 0.6 is 0 Å². The summed E-state index contributed by atoms with van der Waals surface area (Å²) in [5, 5.41) is 8.95. The first-order valence-electron chi connectivity index (χ1n) is 6.69. The van der Waals surface area contributed by atoms with Crippen molar-refractivity contribution in [3.8, 4) is 0 Å². The van der Waals surface area contributed by atoms with Crippen molar-refractivity contribution in [3.05, 3.63) is 0 Å². The van der Waals surface area contributed by atoms with E-state index in [1.54, 1.807) is 0 Å². The molecule has 0 amide bonds. The van der Waals surface area contributed by atoms with E-state index < -0.39 is 10.0 Å². The fourth-order valence-electron chi connectivity index (χ4n) is 2.42. The average molecular weight is 263 g/mol. The van der Waals surface area contributed by atoms with Crippen molar-refractivity contribution in [2.75, 3.05) is 25.4 Å². The summed E-state index contributed by atoms with van der Waals surface area (Å²) in [6.07, 6.45) is 6.25. The van der Waals surface area contributed by atoms with Crippen LogP contribution in [0.5, 0.6) is 0 Å². The Bertz CT molecular complexity index is 297. The van der Waals surface area contributed by atoms with Gasteiger partial charge in [0.2, 0.25) is 10.0 Å². The third-order valence-electron chi connectivity index (χ3n) is 3.42. The number of hydrogen-bond acceptors (Lipinski definition) is 3. The zero-order valence-electron chi connectivity index (χ0n) is 10.8. The molecule has 5 heteroatoms. The maximum Gasteiger partial charge on any atom is 0.214 e. The lowest BCUT2D eigenvalue weighted by Crippen LogP contribution is -2.37. The van der Waals surface area contributed by atoms with Gasteiger partial charge in [0, 0.05) is 13.1 Å². The molecule has 1 fully saturated rings. The summed E-state index contributed by atoms with van der Waals surface area (Å²) in [6.45, 7) is 2.75. The highest BCUT2D eigenvalue weighted by Gasteiger charge is 2.27. The monoisotopic (exact) mass is 263 g/mol. The third kappa shape index (κ3) is 4.94. The number of aliphatic hydroxyl groups excluding tert-OH is 1. The molecule has 0 atom stereocenters. The van der Waals surface area contributed by atoms with Crippen molar-refractivity contribution < 1.29 is 13.5 Å². The van der Waals surface area contributed by atoms with Gasteiger partial charge in [-0.15, -0.1) is 0 Å². The first-order valence-corrected chi connectivity index (χ1v) is 8.29. The molecule has 0 aromatic carbocycles. The highest BCUT2D eigenvalue weighted by molar-refractivity contribution is 7.89. The van der Waals surface area contributed by atoms with Crippen LogP contribution in [-0.2, 0) is 10.0 Å². The minimum Gasteiger partial charge on any atom is -0.395 e. The number of sulfonamides is 1. The van der Waals surface area contributed by atoms with E-state index in [-0.39, 0.29) is 18.9 Å². The van der Waals surface area contributed by atoms with Crippen LogP contribution in [-0.4, -0.2) is 43.3 Å². The third-order valence-corrected chi connectivity index (χ3v) is 5.47. The van der Waals surface area contributed by atoms with Crippen LogP contribution in [0.15, 0.2) is 0 Å². The van der Waals surface area contributed by atoms with E-state index >= 15 is 0 Å². The van der Waals surface area contributed by atoms with Gasteiger partial charge in [-0.1, -0.05) is 26.2 Å². The minimum absolute atomic E-state index is 0.0897. The smallest absolute Gasteiger partial charge is 0.214 e. The second-order valence-electron chi connectivity index (χ2n) is 4.91. The van der Waals surface area contributed by atoms with Crippen LogP contribution in [0.2, 0.25) is 0 Å². The quantitative estimate of drug-likeness (QED) is 0.723. The SMILES string of the molecule is CCCCN(CCO)S(=O)(=O)CC1CCCC1. The van der Waals surface area contributed by atoms with Gasteiger partial charge < -0.3 is 5.11 Å². The first kappa shape index (κ1) is 14.9. The molecule has 0 heterocycles. The Morgan fingerprint density at radius 2 is 1.88 bits per heavy atom. The zero-order valence-corrected chi connectivity index (χ0v) is 11.6. The largest absolute Gasteiger partial charge is 0.395 e. The summed E-state index contributed by atoms with van der Waals surface area (Å²) in [4.78, 5) is 0. The Morgan fingerprint density at radius 1 is 1.24 bits per heavy atom. The molecule has 0 aliphatic heterocycles. The predicted octanol–water partition coefficient (Wildman–Crippen LogP) is 1.60. The fourth-order valence-corrected chi connectivity index (χ4v) is 4.32. The zero-order chi connectivity index (χ0) is 12.7. The van der Waals surface area contributed by atoms with Crippen LogP contribution in [0.1, 0.15) is 45.4 Å². The molecule has 0 aromatic heterocycles. The molecule has 0 aromatic rings. The molecule has 4 nitrogen and oxygen atoms in total. The second-order valence-corrected chi connectivity index (χ2v) is 6.92. The topological polar surface area (TPSA) is 57.6 Å². The van der Waals surface area contributed by atoms with Crippen molar-refractivity contribution in [3.63, 3.8) is 0 Å². The van der Waals surface area contributed by atoms with Gasteiger partial charge in [0.25, 0.3) is 0 Å². The van der Waals surface area contributed by atoms with Crippen molar-refractivity contribution in [1.82, 2.24) is 4.31 Å². The molecule has 17 heavy (non-hydrogen) atoms. The van der Waals surface area contributed by atoms with E-state index in [0.717, 1.165) is 38.5 Å². The van der Waals surface area contributed by atoms with Crippen molar-refractivity contribution in [2.24, 2.45) is 5.92 Å². The lowest BCUT2D eigenvalue weighted by Gasteiger charge is -2.22. The molecule has 102 valence electrons. The maximum atomic E-state index is 12.2. The molecular formula is C12H25NO3S. The van der Waals surface area contributed by atoms with Gasteiger partial charge in [-0.2, -0.15) is 4.31 Å². The Labute approximate surface area is 105 Å². The Balaban J connectivity index is 2.55. The summed E-state index contributed by atoms with van der Waals surface area (Å²) in [5.74, 6) is 0.610. The molecule has 0 bridgehead atoms. The van der Waals surface area contributed by atoms with Gasteiger partial charge in [-0.25, -0.2) is 8.42 Å². The van der Waals surface area contributed by atoms with E-state index in [4.69, 9.17) is 5.11 Å². The molecular weight excluding hydrogens is 238 g/mol. The number of nitrogens with zero attached hydrogens (tertiary/aromatic N) is 1. The van der Waals surface area contributed by atoms with Gasteiger partial charge in [0.05, 0.1) is 12.4 Å². The molecule has 0 spiro atoms. The van der Waals surface area contributed by atoms with Gasteiger partial charge >= 0.3 is 0 Å². The van der Waals surface area contributed by atoms with E-state index in [2.05, 4.69) is 0 Å². The fraction of sp³-hybridized carbons (Fsp3) is 1.00. The van der Waals surface area contributed by atoms with Crippen LogP contribution in [0.4, 0.5) is 0 Å². The molecule has 1 rings (SSSR count). The Hall–Kier alpha value is -0.130. The van der Waals surface area contributed by atoms with Gasteiger partial charge in [-0.3, -0.25) is 0 Å². The average Bonchev–Trinajstić information content (AvgIpc) is 2.75. The van der Waals surface area contributed by atoms with Crippen LogP contribution in [0.25, 0.3) is 0 Å². The minimum atomic E-state index is -3.17. The summed E-state index contributed by atoms with van der Waals surface area (Å²) in [6, 6.07) is 0. The van der Waals surface area contributed by atoms with Crippen molar-refractivity contribution in [2.45, 2.75) is 45.4 Å². The lowest BCUT2D eigenvalue weighted by molar-refractivity contribution is 0.251. The summed E-state index contributed by atoms with van der Waals surface area (Å²) in [5.41, 5.74) is 0. The van der Waals surface area contributed by atoms with E-state index in [1.165, 1.54) is 4.31 Å². The molecule has 1 aliphatic carbocycles. The first-order chi connectivity index (χ1) is 8.10. The van der Waals surface area contributed by atoms with Crippen molar-refractivity contribution in [1.29, 1.82) is 0 Å². The number of rotatable bonds is 8. The maximum absolute atomic E-state index is 12.2. The lowest BCUT2D eigenvalue weighted by atomic mass is 10.1. The number of unbranched alkanes of at least 4 members (excludes halogenated alkanes) is 1. The molecule has 0 radical (unpaired) electrons. The normalized spacial score (nSPS) is 18.1. The van der Waals surface area contributed by atoms with Crippen molar-refractivity contribution >= 4 is 10.0 Å². The van der Waals surface area contributed by atoms with Crippen LogP contribution in [0.3, 0.4) is 0 Å². The Kier molecular flexibility index (Phi) is 6.44. The van der Waals surface area contributed by atoms with Crippen LogP contribution < -0.4 is 0 Å². The Morgan fingerprint density at radius 3 is 2.41 bits per heavy atom. The second kappa shape index (κ2) is 7.34. The van der Waals surface area contributed by atoms with E-state index in [1.807, 2.05) is 6.92 Å². The van der Waals surface area contributed by atoms with Gasteiger partial charge in [0.15, 0.2) is 0 Å². The van der Waals surface area contributed by atoms with Crippen LogP contribution in [0, 0.1) is 5.92 Å². The molecule has 1 saturated carbocycles. The standard InChI is InChI=1S/C12H25NO3S/c1-2-3-8-13(9-10-14)17(15,16)11-12-6-4-5-7-12/h12,14H,2-11H2,1H3. The predicted molar refractivity (Wildman–Crippen MR) is 69.3 cm³/mol. The molecule has 0 saturated heterocycles. The van der Waals surface area contributed by atoms with Gasteiger partial charge in [-0.05, 0) is 25.2 Å². The summed E-state index contributed by atoms with van der Waals surface area (Å²) < 4.78 is 25.9. The highest BCUT2D eigenvalue weighted by Crippen LogP contribution is 2.26. The molecule has 1 aliphatic rings. The number of aliphatic hydroxyl groups is 1.